The van der Waals surface area contributed by atoms with Crippen LogP contribution in [0.4, 0.5) is 11.4 Å². The highest BCUT2D eigenvalue weighted by Crippen LogP contribution is 2.15. The van der Waals surface area contributed by atoms with E-state index in [9.17, 15) is 4.79 Å². The van der Waals surface area contributed by atoms with Gasteiger partial charge in [-0.15, -0.1) is 0 Å². The Morgan fingerprint density at radius 1 is 1.21 bits per heavy atom. The van der Waals surface area contributed by atoms with Crippen LogP contribution in [-0.4, -0.2) is 11.0 Å². The molecule has 4 heteroatoms. The van der Waals surface area contributed by atoms with Crippen LogP contribution in [-0.2, 0) is 6.61 Å². The molecule has 0 atom stereocenters. The number of benzene rings is 2. The Morgan fingerprint density at radius 3 is 2.47 bits per heavy atom. The van der Waals surface area contributed by atoms with Crippen molar-refractivity contribution in [3.05, 3.63) is 59.2 Å². The number of aliphatic hydroxyl groups excluding tert-OH is 1. The lowest BCUT2D eigenvalue weighted by Gasteiger charge is -2.07. The molecule has 0 fully saturated rings. The monoisotopic (exact) mass is 256 g/mol. The van der Waals surface area contributed by atoms with Crippen molar-refractivity contribution >= 4 is 17.3 Å². The van der Waals surface area contributed by atoms with Gasteiger partial charge in [-0.1, -0.05) is 12.1 Å². The van der Waals surface area contributed by atoms with E-state index in [2.05, 4.69) is 5.32 Å². The second-order valence-corrected chi connectivity index (χ2v) is 4.38. The Labute approximate surface area is 111 Å². The molecule has 4 nitrogen and oxygen atoms in total. The molecule has 2 aromatic rings. The first-order chi connectivity index (χ1) is 9.10. The average Bonchev–Trinajstić information content (AvgIpc) is 2.42. The van der Waals surface area contributed by atoms with Crippen molar-refractivity contribution in [3.63, 3.8) is 0 Å². The predicted molar refractivity (Wildman–Crippen MR) is 75.9 cm³/mol. The van der Waals surface area contributed by atoms with E-state index in [4.69, 9.17) is 10.8 Å². The summed E-state index contributed by atoms with van der Waals surface area (Å²) in [4.78, 5) is 12.0. The second-order valence-electron chi connectivity index (χ2n) is 4.38. The van der Waals surface area contributed by atoms with Gasteiger partial charge < -0.3 is 16.2 Å². The van der Waals surface area contributed by atoms with E-state index in [-0.39, 0.29) is 12.5 Å². The molecule has 1 amide bonds. The summed E-state index contributed by atoms with van der Waals surface area (Å²) < 4.78 is 0. The van der Waals surface area contributed by atoms with E-state index in [1.54, 1.807) is 42.5 Å². The molecular formula is C15H16N2O2. The third kappa shape index (κ3) is 3.11. The van der Waals surface area contributed by atoms with Gasteiger partial charge >= 0.3 is 0 Å². The van der Waals surface area contributed by atoms with Gasteiger partial charge in [0.2, 0.25) is 0 Å². The average molecular weight is 256 g/mol. The third-order valence-electron chi connectivity index (χ3n) is 2.93. The Kier molecular flexibility index (Phi) is 3.82. The quantitative estimate of drug-likeness (QED) is 0.738. The van der Waals surface area contributed by atoms with E-state index in [0.717, 1.165) is 11.1 Å². The van der Waals surface area contributed by atoms with Crippen LogP contribution >= 0.6 is 0 Å². The number of nitrogens with two attached hydrogens (primary N) is 1. The van der Waals surface area contributed by atoms with Crippen LogP contribution in [0.15, 0.2) is 42.5 Å². The van der Waals surface area contributed by atoms with Gasteiger partial charge in [-0.25, -0.2) is 0 Å². The van der Waals surface area contributed by atoms with Gasteiger partial charge in [-0.2, -0.15) is 0 Å². The highest BCUT2D eigenvalue weighted by Gasteiger charge is 2.07. The molecule has 4 N–H and O–H groups in total. The minimum atomic E-state index is -0.181. The number of amides is 1. The molecule has 19 heavy (non-hydrogen) atoms. The Bertz CT molecular complexity index is 592. The maximum atomic E-state index is 12.0. The standard InChI is InChI=1S/C15H16N2O2/c1-10-8-12(4-7-14(10)16)15(19)17-13-5-2-11(9-18)3-6-13/h2-8,18H,9,16H2,1H3,(H,17,19). The van der Waals surface area contributed by atoms with Crippen molar-refractivity contribution < 1.29 is 9.90 Å². The molecule has 2 aromatic carbocycles. The van der Waals surface area contributed by atoms with Gasteiger partial charge in [0.05, 0.1) is 6.61 Å². The van der Waals surface area contributed by atoms with Gasteiger partial charge in [0, 0.05) is 16.9 Å². The molecule has 2 rings (SSSR count). The fourth-order valence-electron chi connectivity index (χ4n) is 1.71. The highest BCUT2D eigenvalue weighted by molar-refractivity contribution is 6.04. The molecule has 0 unspecified atom stereocenters. The van der Waals surface area contributed by atoms with Crippen molar-refractivity contribution in [2.75, 3.05) is 11.1 Å². The third-order valence-corrected chi connectivity index (χ3v) is 2.93. The van der Waals surface area contributed by atoms with E-state index < -0.39 is 0 Å². The number of aliphatic hydroxyl groups is 1. The summed E-state index contributed by atoms with van der Waals surface area (Å²) in [6, 6.07) is 12.2. The van der Waals surface area contributed by atoms with E-state index >= 15 is 0 Å². The molecular weight excluding hydrogens is 240 g/mol. The number of nitrogen functional groups attached to an aromatic ring is 1. The summed E-state index contributed by atoms with van der Waals surface area (Å²) in [5, 5.41) is 11.7. The minimum absolute atomic E-state index is 0.00855. The van der Waals surface area contributed by atoms with Crippen LogP contribution in [0.5, 0.6) is 0 Å². The van der Waals surface area contributed by atoms with Gasteiger partial charge in [0.25, 0.3) is 5.91 Å². The first kappa shape index (κ1) is 13.1. The predicted octanol–water partition coefficient (Wildman–Crippen LogP) is 2.32. The molecule has 0 aliphatic heterocycles. The van der Waals surface area contributed by atoms with Crippen molar-refractivity contribution in [2.45, 2.75) is 13.5 Å². The molecule has 0 spiro atoms. The lowest BCUT2D eigenvalue weighted by Crippen LogP contribution is -2.12. The molecule has 0 saturated heterocycles. The maximum absolute atomic E-state index is 12.0. The summed E-state index contributed by atoms with van der Waals surface area (Å²) in [6.07, 6.45) is 0. The first-order valence-corrected chi connectivity index (χ1v) is 5.97. The summed E-state index contributed by atoms with van der Waals surface area (Å²) in [5.74, 6) is -0.181. The summed E-state index contributed by atoms with van der Waals surface area (Å²) in [7, 11) is 0. The zero-order valence-corrected chi connectivity index (χ0v) is 10.7. The lowest BCUT2D eigenvalue weighted by molar-refractivity contribution is 0.102. The van der Waals surface area contributed by atoms with Gasteiger partial charge in [0.15, 0.2) is 0 Å². The smallest absolute Gasteiger partial charge is 0.255 e. The van der Waals surface area contributed by atoms with Gasteiger partial charge in [-0.3, -0.25) is 4.79 Å². The van der Waals surface area contributed by atoms with Gasteiger partial charge in [0.1, 0.15) is 0 Å². The first-order valence-electron chi connectivity index (χ1n) is 5.97. The number of aryl methyl sites for hydroxylation is 1. The van der Waals surface area contributed by atoms with Crippen molar-refractivity contribution in [2.24, 2.45) is 0 Å². The maximum Gasteiger partial charge on any atom is 0.255 e. The molecule has 0 radical (unpaired) electrons. The minimum Gasteiger partial charge on any atom is -0.399 e. The van der Waals surface area contributed by atoms with Crippen molar-refractivity contribution in [3.8, 4) is 0 Å². The molecule has 0 heterocycles. The summed E-state index contributed by atoms with van der Waals surface area (Å²) >= 11 is 0. The number of nitrogens with one attached hydrogen (secondary N) is 1. The van der Waals surface area contributed by atoms with Crippen LogP contribution in [0, 0.1) is 6.92 Å². The molecule has 0 saturated carbocycles. The zero-order valence-electron chi connectivity index (χ0n) is 10.7. The number of hydrogen-bond acceptors (Lipinski definition) is 3. The number of carbonyl (C=O) groups excluding carboxylic acids is 1. The number of hydrogen-bond donors (Lipinski definition) is 3. The lowest BCUT2D eigenvalue weighted by atomic mass is 10.1. The Hall–Kier alpha value is -2.33. The molecule has 0 aromatic heterocycles. The second kappa shape index (κ2) is 5.54. The molecule has 0 aliphatic rings. The van der Waals surface area contributed by atoms with E-state index in [0.29, 0.717) is 16.9 Å². The largest absolute Gasteiger partial charge is 0.399 e. The molecule has 0 bridgehead atoms. The topological polar surface area (TPSA) is 75.3 Å². The fourth-order valence-corrected chi connectivity index (χ4v) is 1.71. The van der Waals surface area contributed by atoms with Crippen LogP contribution in [0.1, 0.15) is 21.5 Å². The number of anilines is 2. The van der Waals surface area contributed by atoms with Gasteiger partial charge in [-0.05, 0) is 48.4 Å². The molecule has 0 aliphatic carbocycles. The number of rotatable bonds is 3. The van der Waals surface area contributed by atoms with Crippen LogP contribution < -0.4 is 11.1 Å². The van der Waals surface area contributed by atoms with Crippen LogP contribution in [0.2, 0.25) is 0 Å². The normalized spacial score (nSPS) is 10.2. The Morgan fingerprint density at radius 2 is 1.89 bits per heavy atom. The number of carbonyl (C=O) groups is 1. The Balaban J connectivity index is 2.13. The van der Waals surface area contributed by atoms with E-state index in [1.165, 1.54) is 0 Å². The van der Waals surface area contributed by atoms with Crippen molar-refractivity contribution in [1.29, 1.82) is 0 Å². The van der Waals surface area contributed by atoms with Crippen LogP contribution in [0.3, 0.4) is 0 Å². The highest BCUT2D eigenvalue weighted by atomic mass is 16.3. The summed E-state index contributed by atoms with van der Waals surface area (Å²) in [5.41, 5.74) is 9.33. The summed E-state index contributed by atoms with van der Waals surface area (Å²) in [6.45, 7) is 1.85. The SMILES string of the molecule is Cc1cc(C(=O)Nc2ccc(CO)cc2)ccc1N. The van der Waals surface area contributed by atoms with Crippen LogP contribution in [0.25, 0.3) is 0 Å². The fraction of sp³-hybridized carbons (Fsp3) is 0.133. The van der Waals surface area contributed by atoms with Crippen molar-refractivity contribution in [1.82, 2.24) is 0 Å². The zero-order chi connectivity index (χ0) is 13.8. The molecule has 98 valence electrons. The van der Waals surface area contributed by atoms with E-state index in [1.807, 2.05) is 6.92 Å².